The number of hydrogen-bond acceptors (Lipinski definition) is 5. The lowest BCUT2D eigenvalue weighted by atomic mass is 10.1. The number of hydrogen-bond donors (Lipinski definition) is 0. The largest absolute Gasteiger partial charge is 0.493 e. The van der Waals surface area contributed by atoms with E-state index >= 15 is 0 Å². The molecule has 1 fully saturated rings. The Hall–Kier alpha value is -3.06. The number of ether oxygens (including phenoxy) is 2. The molecule has 146 valence electrons. The second-order valence-corrected chi connectivity index (χ2v) is 6.79. The smallest absolute Gasteiger partial charge is 0.257 e. The van der Waals surface area contributed by atoms with Crippen molar-refractivity contribution in [3.8, 4) is 11.5 Å². The van der Waals surface area contributed by atoms with Crippen molar-refractivity contribution in [1.29, 1.82) is 0 Å². The van der Waals surface area contributed by atoms with Crippen molar-refractivity contribution < 1.29 is 14.3 Å². The fraction of sp³-hybridized carbons (Fsp3) is 0.333. The Kier molecular flexibility index (Phi) is 5.16. The van der Waals surface area contributed by atoms with Gasteiger partial charge in [0.1, 0.15) is 5.65 Å². The van der Waals surface area contributed by atoms with E-state index in [-0.39, 0.29) is 5.91 Å². The number of aromatic nitrogens is 2. The van der Waals surface area contributed by atoms with Crippen LogP contribution in [0, 0.1) is 0 Å². The molecule has 0 bridgehead atoms. The van der Waals surface area contributed by atoms with Crippen molar-refractivity contribution in [2.75, 3.05) is 40.4 Å². The van der Waals surface area contributed by atoms with E-state index in [0.717, 1.165) is 31.0 Å². The third-order valence-electron chi connectivity index (χ3n) is 5.17. The van der Waals surface area contributed by atoms with Gasteiger partial charge in [0, 0.05) is 38.9 Å². The number of rotatable bonds is 5. The van der Waals surface area contributed by atoms with E-state index in [0.29, 0.717) is 30.2 Å². The molecule has 1 aliphatic heterocycles. The van der Waals surface area contributed by atoms with Crippen LogP contribution < -0.4 is 9.47 Å². The third kappa shape index (κ3) is 3.41. The summed E-state index contributed by atoms with van der Waals surface area (Å²) in [4.78, 5) is 21.7. The zero-order valence-corrected chi connectivity index (χ0v) is 16.2. The quantitative estimate of drug-likeness (QED) is 0.680. The molecular formula is C21H24N4O3. The van der Waals surface area contributed by atoms with Crippen LogP contribution in [0.2, 0.25) is 0 Å². The molecule has 4 rings (SSSR count). The molecule has 7 nitrogen and oxygen atoms in total. The maximum Gasteiger partial charge on any atom is 0.257 e. The van der Waals surface area contributed by atoms with Gasteiger partial charge in [-0.25, -0.2) is 4.98 Å². The highest BCUT2D eigenvalue weighted by molar-refractivity contribution is 5.97. The Morgan fingerprint density at radius 2 is 1.86 bits per heavy atom. The molecule has 2 aromatic heterocycles. The first-order valence-electron chi connectivity index (χ1n) is 9.35. The van der Waals surface area contributed by atoms with Crippen LogP contribution in [0.25, 0.3) is 5.65 Å². The number of methoxy groups -OCH3 is 2. The second-order valence-electron chi connectivity index (χ2n) is 6.79. The summed E-state index contributed by atoms with van der Waals surface area (Å²) in [5, 5.41) is 0. The van der Waals surface area contributed by atoms with E-state index < -0.39 is 0 Å². The predicted octanol–water partition coefficient (Wildman–Crippen LogP) is 2.31. The van der Waals surface area contributed by atoms with Gasteiger partial charge in [0.2, 0.25) is 0 Å². The van der Waals surface area contributed by atoms with Crippen molar-refractivity contribution in [3.05, 3.63) is 60.0 Å². The Morgan fingerprint density at radius 1 is 1.04 bits per heavy atom. The average Bonchev–Trinajstić information content (AvgIpc) is 3.16. The first-order valence-corrected chi connectivity index (χ1v) is 9.35. The molecule has 3 heterocycles. The van der Waals surface area contributed by atoms with Crippen LogP contribution in [0.3, 0.4) is 0 Å². The average molecular weight is 380 g/mol. The minimum Gasteiger partial charge on any atom is -0.493 e. The van der Waals surface area contributed by atoms with Gasteiger partial charge in [-0.2, -0.15) is 0 Å². The molecule has 1 aromatic carbocycles. The van der Waals surface area contributed by atoms with Gasteiger partial charge < -0.3 is 18.8 Å². The van der Waals surface area contributed by atoms with E-state index in [9.17, 15) is 4.79 Å². The van der Waals surface area contributed by atoms with E-state index in [1.165, 1.54) is 0 Å². The number of nitrogens with zero attached hydrogens (tertiary/aromatic N) is 4. The lowest BCUT2D eigenvalue weighted by molar-refractivity contribution is 0.0623. The van der Waals surface area contributed by atoms with Gasteiger partial charge >= 0.3 is 0 Å². The normalized spacial score (nSPS) is 15.0. The number of carbonyl (C=O) groups excluding carboxylic acids is 1. The molecule has 28 heavy (non-hydrogen) atoms. The Balaban J connectivity index is 1.42. The number of imidazole rings is 1. The predicted molar refractivity (Wildman–Crippen MR) is 106 cm³/mol. The molecule has 1 saturated heterocycles. The van der Waals surface area contributed by atoms with Gasteiger partial charge in [0.15, 0.2) is 11.5 Å². The maximum atomic E-state index is 13.0. The zero-order chi connectivity index (χ0) is 19.5. The summed E-state index contributed by atoms with van der Waals surface area (Å²) < 4.78 is 12.8. The molecule has 0 N–H and O–H groups in total. The van der Waals surface area contributed by atoms with Gasteiger partial charge in [0.05, 0.1) is 31.7 Å². The molecule has 1 aliphatic rings. The van der Waals surface area contributed by atoms with Crippen LogP contribution >= 0.6 is 0 Å². The zero-order valence-electron chi connectivity index (χ0n) is 16.2. The van der Waals surface area contributed by atoms with Crippen LogP contribution in [0.5, 0.6) is 11.5 Å². The highest BCUT2D eigenvalue weighted by Gasteiger charge is 2.26. The monoisotopic (exact) mass is 380 g/mol. The SMILES string of the molecule is COc1cccc(C(=O)N2CCN(Cc3cnc4ccccn34)CC2)c1OC. The van der Waals surface area contributed by atoms with Crippen molar-refractivity contribution in [1.82, 2.24) is 19.2 Å². The van der Waals surface area contributed by atoms with Crippen LogP contribution in [-0.4, -0.2) is 65.5 Å². The van der Waals surface area contributed by atoms with Gasteiger partial charge in [-0.1, -0.05) is 12.1 Å². The number of fused-ring (bicyclic) bond motifs is 1. The summed E-state index contributed by atoms with van der Waals surface area (Å²) in [5.41, 5.74) is 2.65. The van der Waals surface area contributed by atoms with Crippen LogP contribution in [-0.2, 0) is 6.54 Å². The van der Waals surface area contributed by atoms with Crippen LogP contribution in [0.1, 0.15) is 16.1 Å². The van der Waals surface area contributed by atoms with Gasteiger partial charge in [-0.15, -0.1) is 0 Å². The Labute approximate surface area is 164 Å². The van der Waals surface area contributed by atoms with E-state index in [1.807, 2.05) is 41.6 Å². The number of para-hydroxylation sites is 1. The summed E-state index contributed by atoms with van der Waals surface area (Å²) >= 11 is 0. The molecule has 1 amide bonds. The number of carbonyl (C=O) groups is 1. The maximum absolute atomic E-state index is 13.0. The highest BCUT2D eigenvalue weighted by Crippen LogP contribution is 2.31. The molecule has 7 heteroatoms. The van der Waals surface area contributed by atoms with E-state index in [2.05, 4.69) is 14.3 Å². The molecule has 0 atom stereocenters. The highest BCUT2D eigenvalue weighted by atomic mass is 16.5. The molecule has 0 radical (unpaired) electrons. The summed E-state index contributed by atoms with van der Waals surface area (Å²) in [5.74, 6) is 1.04. The number of amides is 1. The Bertz CT molecular complexity index is 977. The molecule has 0 aliphatic carbocycles. The van der Waals surface area contributed by atoms with Gasteiger partial charge in [-0.3, -0.25) is 9.69 Å². The van der Waals surface area contributed by atoms with Crippen LogP contribution in [0.4, 0.5) is 0 Å². The third-order valence-corrected chi connectivity index (χ3v) is 5.17. The summed E-state index contributed by atoms with van der Waals surface area (Å²) in [6.45, 7) is 3.80. The first kappa shape index (κ1) is 18.3. The van der Waals surface area contributed by atoms with Crippen molar-refractivity contribution in [2.45, 2.75) is 6.54 Å². The molecule has 0 saturated carbocycles. The fourth-order valence-electron chi connectivity index (χ4n) is 3.67. The fourth-order valence-corrected chi connectivity index (χ4v) is 3.67. The molecule has 3 aromatic rings. The number of pyridine rings is 1. The minimum absolute atomic E-state index is 0.0230. The second kappa shape index (κ2) is 7.90. The molecular weight excluding hydrogens is 356 g/mol. The lowest BCUT2D eigenvalue weighted by Crippen LogP contribution is -2.48. The summed E-state index contributed by atoms with van der Waals surface area (Å²) in [6, 6.07) is 11.4. The summed E-state index contributed by atoms with van der Waals surface area (Å²) in [7, 11) is 3.13. The van der Waals surface area contributed by atoms with Crippen molar-refractivity contribution in [2.24, 2.45) is 0 Å². The number of benzene rings is 1. The first-order chi connectivity index (χ1) is 13.7. The Morgan fingerprint density at radius 3 is 2.61 bits per heavy atom. The standard InChI is InChI=1S/C21H24N4O3/c1-27-18-7-5-6-17(20(18)28-2)21(26)24-12-10-23(11-13-24)15-16-14-22-19-8-3-4-9-25(16)19/h3-9,14H,10-13,15H2,1-2H3. The van der Waals surface area contributed by atoms with Gasteiger partial charge in [-0.05, 0) is 24.3 Å². The van der Waals surface area contributed by atoms with E-state index in [1.54, 1.807) is 26.4 Å². The van der Waals surface area contributed by atoms with Gasteiger partial charge in [0.25, 0.3) is 5.91 Å². The van der Waals surface area contributed by atoms with Crippen LogP contribution in [0.15, 0.2) is 48.8 Å². The topological polar surface area (TPSA) is 59.3 Å². The van der Waals surface area contributed by atoms with Crippen molar-refractivity contribution in [3.63, 3.8) is 0 Å². The lowest BCUT2D eigenvalue weighted by Gasteiger charge is -2.34. The number of piperazine rings is 1. The molecule has 0 spiro atoms. The summed E-state index contributed by atoms with van der Waals surface area (Å²) in [6.07, 6.45) is 3.96. The molecule has 0 unspecified atom stereocenters. The van der Waals surface area contributed by atoms with E-state index in [4.69, 9.17) is 9.47 Å². The van der Waals surface area contributed by atoms with Crippen molar-refractivity contribution >= 4 is 11.6 Å². The minimum atomic E-state index is -0.0230.